The number of aromatic nitrogens is 1. The molecule has 2 fully saturated rings. The van der Waals surface area contributed by atoms with E-state index in [0.717, 1.165) is 22.5 Å². The summed E-state index contributed by atoms with van der Waals surface area (Å²) in [7, 11) is 0. The third kappa shape index (κ3) is 3.17. The van der Waals surface area contributed by atoms with Crippen LogP contribution in [0.5, 0.6) is 0 Å². The first-order valence-corrected chi connectivity index (χ1v) is 8.52. The third-order valence-corrected chi connectivity index (χ3v) is 5.48. The van der Waals surface area contributed by atoms with Crippen molar-refractivity contribution in [1.29, 1.82) is 0 Å². The molecule has 1 aromatic rings. The predicted molar refractivity (Wildman–Crippen MR) is 86.1 cm³/mol. The van der Waals surface area contributed by atoms with Crippen LogP contribution in [0.1, 0.15) is 44.0 Å². The Kier molecular flexibility index (Phi) is 4.01. The van der Waals surface area contributed by atoms with E-state index < -0.39 is 0 Å². The molecule has 0 aromatic carbocycles. The second-order valence-electron chi connectivity index (χ2n) is 6.29. The summed E-state index contributed by atoms with van der Waals surface area (Å²) in [6.45, 7) is 5.08. The Morgan fingerprint density at radius 2 is 2.40 bits per heavy atom. The molecule has 1 spiro atoms. The monoisotopic (exact) mass is 289 g/mol. The molecule has 3 rings (SSSR count). The lowest BCUT2D eigenvalue weighted by Crippen LogP contribution is -2.47. The maximum absolute atomic E-state index is 4.72. The molecule has 0 bridgehead atoms. The van der Waals surface area contributed by atoms with E-state index in [1.54, 1.807) is 0 Å². The van der Waals surface area contributed by atoms with Crippen molar-refractivity contribution in [3.05, 3.63) is 29.6 Å². The zero-order chi connectivity index (χ0) is 14.0. The molecule has 1 saturated carbocycles. The summed E-state index contributed by atoms with van der Waals surface area (Å²) in [4.78, 5) is 9.22. The largest absolute Gasteiger partial charge is 0.359 e. The summed E-state index contributed by atoms with van der Waals surface area (Å²) in [5.41, 5.74) is 2.44. The maximum atomic E-state index is 4.72. The molecule has 0 radical (unpaired) electrons. The number of thioether (sulfide) groups is 1. The van der Waals surface area contributed by atoms with Crippen molar-refractivity contribution in [2.24, 2.45) is 10.9 Å². The summed E-state index contributed by atoms with van der Waals surface area (Å²) in [5.74, 6) is 2.02. The third-order valence-electron chi connectivity index (χ3n) is 4.28. The van der Waals surface area contributed by atoms with E-state index in [1.807, 2.05) is 24.8 Å². The van der Waals surface area contributed by atoms with Gasteiger partial charge in [0, 0.05) is 17.0 Å². The number of nitrogens with one attached hydrogen (secondary N) is 1. The van der Waals surface area contributed by atoms with Gasteiger partial charge in [0.25, 0.3) is 0 Å². The van der Waals surface area contributed by atoms with Gasteiger partial charge >= 0.3 is 0 Å². The molecule has 2 aliphatic rings. The van der Waals surface area contributed by atoms with Gasteiger partial charge < -0.3 is 5.32 Å². The van der Waals surface area contributed by atoms with E-state index in [4.69, 9.17) is 4.99 Å². The van der Waals surface area contributed by atoms with Crippen LogP contribution in [0.3, 0.4) is 0 Å². The quantitative estimate of drug-likeness (QED) is 0.905. The number of nitrogens with zero attached hydrogens (tertiary/aromatic N) is 2. The van der Waals surface area contributed by atoms with Gasteiger partial charge in [0.1, 0.15) is 0 Å². The van der Waals surface area contributed by atoms with Crippen LogP contribution in [0.4, 0.5) is 0 Å². The van der Waals surface area contributed by atoms with Crippen molar-refractivity contribution in [3.8, 4) is 0 Å². The summed E-state index contributed by atoms with van der Waals surface area (Å²) >= 11 is 1.88. The van der Waals surface area contributed by atoms with Gasteiger partial charge in [-0.15, -0.1) is 0 Å². The van der Waals surface area contributed by atoms with Gasteiger partial charge in [0.05, 0.1) is 12.2 Å². The van der Waals surface area contributed by atoms with Gasteiger partial charge in [-0.2, -0.15) is 0 Å². The van der Waals surface area contributed by atoms with Crippen molar-refractivity contribution in [2.45, 2.75) is 51.6 Å². The molecule has 1 aromatic heterocycles. The lowest BCUT2D eigenvalue weighted by molar-refractivity contribution is 0.242. The number of amidine groups is 1. The van der Waals surface area contributed by atoms with E-state index in [2.05, 4.69) is 29.4 Å². The van der Waals surface area contributed by atoms with Gasteiger partial charge in [-0.3, -0.25) is 9.98 Å². The summed E-state index contributed by atoms with van der Waals surface area (Å²) in [6, 6.07) is 6.13. The Morgan fingerprint density at radius 1 is 1.50 bits per heavy atom. The minimum Gasteiger partial charge on any atom is -0.359 e. The maximum Gasteiger partial charge on any atom is 0.157 e. The smallest absolute Gasteiger partial charge is 0.157 e. The summed E-state index contributed by atoms with van der Waals surface area (Å²) in [6.07, 6.45) is 5.32. The molecular weight excluding hydrogens is 266 g/mol. The average Bonchev–Trinajstić information content (AvgIpc) is 2.79. The SMILES string of the molecule is Cc1cccc(CN=C2NC3(CCCC(C)C3)CS2)n1. The Hall–Kier alpha value is -1.03. The number of hydrogen-bond acceptors (Lipinski definition) is 3. The number of pyridine rings is 1. The second kappa shape index (κ2) is 5.76. The molecule has 1 aliphatic heterocycles. The molecule has 1 saturated heterocycles. The molecule has 2 unspecified atom stereocenters. The first-order chi connectivity index (χ1) is 9.65. The first-order valence-electron chi connectivity index (χ1n) is 7.53. The van der Waals surface area contributed by atoms with Crippen LogP contribution in [0.15, 0.2) is 23.2 Å². The Balaban J connectivity index is 1.63. The minimum atomic E-state index is 0.321. The van der Waals surface area contributed by atoms with Crippen LogP contribution < -0.4 is 5.32 Å². The number of aryl methyl sites for hydroxylation is 1. The standard InChI is InChI=1S/C16H23N3S/c1-12-5-4-8-16(9-12)11-20-15(19-16)17-10-14-7-3-6-13(2)18-14/h3,6-7,12H,4-5,8-11H2,1-2H3,(H,17,19). The fourth-order valence-corrected chi connectivity index (χ4v) is 4.53. The molecular formula is C16H23N3S. The highest BCUT2D eigenvalue weighted by Crippen LogP contribution is 2.38. The zero-order valence-electron chi connectivity index (χ0n) is 12.4. The molecule has 2 atom stereocenters. The highest BCUT2D eigenvalue weighted by molar-refractivity contribution is 8.14. The van der Waals surface area contributed by atoms with Crippen LogP contribution in [0.25, 0.3) is 0 Å². The van der Waals surface area contributed by atoms with Crippen molar-refractivity contribution in [1.82, 2.24) is 10.3 Å². The van der Waals surface area contributed by atoms with E-state index in [1.165, 1.54) is 31.4 Å². The zero-order valence-corrected chi connectivity index (χ0v) is 13.2. The molecule has 108 valence electrons. The molecule has 2 heterocycles. The number of rotatable bonds is 2. The Morgan fingerprint density at radius 3 is 3.20 bits per heavy atom. The molecule has 1 aliphatic carbocycles. The Labute approximate surface area is 125 Å². The van der Waals surface area contributed by atoms with Crippen molar-refractivity contribution >= 4 is 16.9 Å². The second-order valence-corrected chi connectivity index (χ2v) is 7.25. The normalized spacial score (nSPS) is 31.7. The fraction of sp³-hybridized carbons (Fsp3) is 0.625. The van der Waals surface area contributed by atoms with Crippen molar-refractivity contribution < 1.29 is 0 Å². The fourth-order valence-electron chi connectivity index (χ4n) is 3.34. The van der Waals surface area contributed by atoms with E-state index >= 15 is 0 Å². The van der Waals surface area contributed by atoms with Gasteiger partial charge in [-0.25, -0.2) is 0 Å². The first kappa shape index (κ1) is 13.9. The lowest BCUT2D eigenvalue weighted by atomic mass is 9.78. The van der Waals surface area contributed by atoms with E-state index in [-0.39, 0.29) is 0 Å². The van der Waals surface area contributed by atoms with Gasteiger partial charge in [-0.05, 0) is 37.8 Å². The number of hydrogen-bond donors (Lipinski definition) is 1. The van der Waals surface area contributed by atoms with Crippen molar-refractivity contribution in [3.63, 3.8) is 0 Å². The molecule has 3 nitrogen and oxygen atoms in total. The van der Waals surface area contributed by atoms with Crippen molar-refractivity contribution in [2.75, 3.05) is 5.75 Å². The molecule has 4 heteroatoms. The van der Waals surface area contributed by atoms with Crippen LogP contribution >= 0.6 is 11.8 Å². The highest BCUT2D eigenvalue weighted by Gasteiger charge is 2.40. The Bertz CT molecular complexity index is 514. The molecule has 20 heavy (non-hydrogen) atoms. The highest BCUT2D eigenvalue weighted by atomic mass is 32.2. The summed E-state index contributed by atoms with van der Waals surface area (Å²) < 4.78 is 0. The van der Waals surface area contributed by atoms with E-state index in [9.17, 15) is 0 Å². The van der Waals surface area contributed by atoms with Crippen LogP contribution in [-0.2, 0) is 6.54 Å². The van der Waals surface area contributed by atoms with Gasteiger partial charge in [0.15, 0.2) is 5.17 Å². The van der Waals surface area contributed by atoms with Gasteiger partial charge in [0.2, 0.25) is 0 Å². The topological polar surface area (TPSA) is 37.3 Å². The van der Waals surface area contributed by atoms with Crippen LogP contribution in [-0.4, -0.2) is 21.4 Å². The molecule has 0 amide bonds. The van der Waals surface area contributed by atoms with E-state index in [0.29, 0.717) is 12.1 Å². The van der Waals surface area contributed by atoms with Crippen LogP contribution in [0.2, 0.25) is 0 Å². The summed E-state index contributed by atoms with van der Waals surface area (Å²) in [5, 5.41) is 4.82. The van der Waals surface area contributed by atoms with Gasteiger partial charge in [-0.1, -0.05) is 37.6 Å². The number of aliphatic imine (C=N–C) groups is 1. The minimum absolute atomic E-state index is 0.321. The van der Waals surface area contributed by atoms with Crippen LogP contribution in [0, 0.1) is 12.8 Å². The lowest BCUT2D eigenvalue weighted by Gasteiger charge is -2.36. The molecule has 1 N–H and O–H groups in total. The predicted octanol–water partition coefficient (Wildman–Crippen LogP) is 3.53. The average molecular weight is 289 g/mol.